The average molecular weight is 338 g/mol. The number of anilines is 1. The highest BCUT2D eigenvalue weighted by Crippen LogP contribution is 2.23. The maximum atomic E-state index is 12.5. The van der Waals surface area contributed by atoms with Gasteiger partial charge in [-0.05, 0) is 25.0 Å². The van der Waals surface area contributed by atoms with Crippen LogP contribution in [0.2, 0.25) is 0 Å². The maximum Gasteiger partial charge on any atom is 0.253 e. The van der Waals surface area contributed by atoms with Gasteiger partial charge in [0.1, 0.15) is 18.2 Å². The minimum Gasteiger partial charge on any atom is -0.472 e. The highest BCUT2D eigenvalue weighted by molar-refractivity contribution is 5.94. The SMILES string of the molecule is O=C(c1ccccc1)N1CCC(Oc2cc(N3CCCC3)ncn2)C1. The van der Waals surface area contributed by atoms with E-state index in [9.17, 15) is 4.79 Å². The van der Waals surface area contributed by atoms with Gasteiger partial charge in [0.15, 0.2) is 0 Å². The summed E-state index contributed by atoms with van der Waals surface area (Å²) in [6.45, 7) is 3.39. The number of rotatable bonds is 4. The van der Waals surface area contributed by atoms with E-state index in [0.29, 0.717) is 19.0 Å². The molecule has 2 saturated heterocycles. The molecule has 3 heterocycles. The summed E-state index contributed by atoms with van der Waals surface area (Å²) in [5, 5.41) is 0. The number of amides is 1. The Labute approximate surface area is 147 Å². The third kappa shape index (κ3) is 3.57. The maximum absolute atomic E-state index is 12.5. The number of carbonyl (C=O) groups is 1. The van der Waals surface area contributed by atoms with Gasteiger partial charge in [0.25, 0.3) is 5.91 Å². The minimum atomic E-state index is -0.0195. The van der Waals surface area contributed by atoms with Crippen LogP contribution in [0.1, 0.15) is 29.6 Å². The van der Waals surface area contributed by atoms with Crippen LogP contribution in [0.3, 0.4) is 0 Å². The molecule has 1 aromatic carbocycles. The molecule has 0 spiro atoms. The van der Waals surface area contributed by atoms with E-state index in [4.69, 9.17) is 4.74 Å². The lowest BCUT2D eigenvalue weighted by molar-refractivity contribution is 0.0771. The fourth-order valence-electron chi connectivity index (χ4n) is 3.46. The monoisotopic (exact) mass is 338 g/mol. The van der Waals surface area contributed by atoms with Crippen molar-refractivity contribution in [2.24, 2.45) is 0 Å². The predicted octanol–water partition coefficient (Wildman–Crippen LogP) is 2.37. The topological polar surface area (TPSA) is 58.6 Å². The van der Waals surface area contributed by atoms with Crippen molar-refractivity contribution >= 4 is 11.7 Å². The normalized spacial score (nSPS) is 20.1. The molecule has 0 saturated carbocycles. The van der Waals surface area contributed by atoms with Crippen LogP contribution in [0.5, 0.6) is 5.88 Å². The van der Waals surface area contributed by atoms with Crippen LogP contribution in [0, 0.1) is 0 Å². The van der Waals surface area contributed by atoms with Gasteiger partial charge in [-0.15, -0.1) is 0 Å². The van der Waals surface area contributed by atoms with Gasteiger partial charge in [-0.2, -0.15) is 0 Å². The Bertz CT molecular complexity index is 731. The average Bonchev–Trinajstić information content (AvgIpc) is 3.34. The quantitative estimate of drug-likeness (QED) is 0.857. The Kier molecular flexibility index (Phi) is 4.50. The number of aromatic nitrogens is 2. The molecule has 0 radical (unpaired) electrons. The third-order valence-electron chi connectivity index (χ3n) is 4.80. The molecule has 1 unspecified atom stereocenters. The van der Waals surface area contributed by atoms with Crippen molar-refractivity contribution in [2.75, 3.05) is 31.1 Å². The van der Waals surface area contributed by atoms with Crippen LogP contribution >= 0.6 is 0 Å². The van der Waals surface area contributed by atoms with Crippen LogP contribution in [-0.2, 0) is 0 Å². The van der Waals surface area contributed by atoms with Gasteiger partial charge in [-0.3, -0.25) is 4.79 Å². The zero-order valence-electron chi connectivity index (χ0n) is 14.2. The zero-order valence-corrected chi connectivity index (χ0v) is 14.2. The minimum absolute atomic E-state index is 0.0195. The molecule has 6 nitrogen and oxygen atoms in total. The molecular formula is C19H22N4O2. The van der Waals surface area contributed by atoms with Gasteiger partial charge in [0, 0.05) is 37.7 Å². The molecule has 0 N–H and O–H groups in total. The van der Waals surface area contributed by atoms with Crippen LogP contribution in [0.4, 0.5) is 5.82 Å². The fourth-order valence-corrected chi connectivity index (χ4v) is 3.46. The van der Waals surface area contributed by atoms with Gasteiger partial charge >= 0.3 is 0 Å². The molecule has 0 aliphatic carbocycles. The molecule has 2 aliphatic heterocycles. The van der Waals surface area contributed by atoms with Crippen LogP contribution < -0.4 is 9.64 Å². The second-order valence-corrected chi connectivity index (χ2v) is 6.55. The molecule has 25 heavy (non-hydrogen) atoms. The molecule has 1 aromatic heterocycles. The van der Waals surface area contributed by atoms with Crippen molar-refractivity contribution in [3.63, 3.8) is 0 Å². The first kappa shape index (κ1) is 15.9. The van der Waals surface area contributed by atoms with E-state index in [1.807, 2.05) is 41.3 Å². The summed E-state index contributed by atoms with van der Waals surface area (Å²) in [6, 6.07) is 11.3. The van der Waals surface area contributed by atoms with E-state index in [2.05, 4.69) is 14.9 Å². The lowest BCUT2D eigenvalue weighted by atomic mass is 10.2. The number of ether oxygens (including phenoxy) is 1. The first-order valence-electron chi connectivity index (χ1n) is 8.87. The fraction of sp³-hybridized carbons (Fsp3) is 0.421. The summed E-state index contributed by atoms with van der Waals surface area (Å²) in [6.07, 6.45) is 4.78. The summed E-state index contributed by atoms with van der Waals surface area (Å²) in [5.41, 5.74) is 0.724. The molecular weight excluding hydrogens is 316 g/mol. The van der Waals surface area contributed by atoms with Crippen LogP contribution in [0.25, 0.3) is 0 Å². The Morgan fingerprint density at radius 2 is 1.88 bits per heavy atom. The lowest BCUT2D eigenvalue weighted by Gasteiger charge is -2.19. The number of likely N-dealkylation sites (tertiary alicyclic amines) is 1. The molecule has 6 heteroatoms. The van der Waals surface area contributed by atoms with Crippen molar-refractivity contribution in [1.82, 2.24) is 14.9 Å². The second-order valence-electron chi connectivity index (χ2n) is 6.55. The number of carbonyl (C=O) groups excluding carboxylic acids is 1. The molecule has 4 rings (SSSR count). The van der Waals surface area contributed by atoms with E-state index < -0.39 is 0 Å². The van der Waals surface area contributed by atoms with Gasteiger partial charge in [-0.1, -0.05) is 18.2 Å². The van der Waals surface area contributed by atoms with Crippen molar-refractivity contribution in [2.45, 2.75) is 25.4 Å². The van der Waals surface area contributed by atoms with E-state index in [1.165, 1.54) is 12.8 Å². The number of nitrogens with zero attached hydrogens (tertiary/aromatic N) is 4. The first-order chi connectivity index (χ1) is 12.3. The lowest BCUT2D eigenvalue weighted by Crippen LogP contribution is -2.31. The molecule has 1 amide bonds. The third-order valence-corrected chi connectivity index (χ3v) is 4.80. The number of hydrogen-bond donors (Lipinski definition) is 0. The smallest absolute Gasteiger partial charge is 0.253 e. The number of hydrogen-bond acceptors (Lipinski definition) is 5. The Morgan fingerprint density at radius 1 is 1.08 bits per heavy atom. The highest BCUT2D eigenvalue weighted by Gasteiger charge is 2.28. The zero-order chi connectivity index (χ0) is 17.1. The van der Waals surface area contributed by atoms with Crippen LogP contribution in [-0.4, -0.2) is 53.1 Å². The summed E-state index contributed by atoms with van der Waals surface area (Å²) in [7, 11) is 0. The molecule has 2 fully saturated rings. The highest BCUT2D eigenvalue weighted by atomic mass is 16.5. The second kappa shape index (κ2) is 7.09. The first-order valence-corrected chi connectivity index (χ1v) is 8.87. The van der Waals surface area contributed by atoms with Crippen molar-refractivity contribution in [1.29, 1.82) is 0 Å². The Hall–Kier alpha value is -2.63. The van der Waals surface area contributed by atoms with E-state index in [0.717, 1.165) is 30.9 Å². The van der Waals surface area contributed by atoms with Gasteiger partial charge in [0.2, 0.25) is 5.88 Å². The molecule has 1 atom stereocenters. The summed E-state index contributed by atoms with van der Waals surface area (Å²) in [4.78, 5) is 25.2. The van der Waals surface area contributed by atoms with Gasteiger partial charge in [-0.25, -0.2) is 9.97 Å². The van der Waals surface area contributed by atoms with Crippen molar-refractivity contribution in [3.8, 4) is 5.88 Å². The molecule has 0 bridgehead atoms. The Balaban J connectivity index is 1.38. The molecule has 2 aliphatic rings. The molecule has 2 aromatic rings. The van der Waals surface area contributed by atoms with Crippen molar-refractivity contribution in [3.05, 3.63) is 48.3 Å². The van der Waals surface area contributed by atoms with E-state index in [1.54, 1.807) is 6.33 Å². The summed E-state index contributed by atoms with van der Waals surface area (Å²) < 4.78 is 6.02. The van der Waals surface area contributed by atoms with Gasteiger partial charge in [0.05, 0.1) is 6.54 Å². The predicted molar refractivity (Wildman–Crippen MR) is 94.9 cm³/mol. The summed E-state index contributed by atoms with van der Waals surface area (Å²) in [5.74, 6) is 1.58. The van der Waals surface area contributed by atoms with Gasteiger partial charge < -0.3 is 14.5 Å². The van der Waals surface area contributed by atoms with Crippen molar-refractivity contribution < 1.29 is 9.53 Å². The summed E-state index contributed by atoms with van der Waals surface area (Å²) >= 11 is 0. The van der Waals surface area contributed by atoms with Crippen LogP contribution in [0.15, 0.2) is 42.7 Å². The van der Waals surface area contributed by atoms with E-state index >= 15 is 0 Å². The standard InChI is InChI=1S/C19H22N4O2/c24-19(15-6-2-1-3-7-15)23-11-8-16(13-23)25-18-12-17(20-14-21-18)22-9-4-5-10-22/h1-3,6-7,12,14,16H,4-5,8-11,13H2. The number of benzene rings is 1. The molecule has 130 valence electrons. The Morgan fingerprint density at radius 3 is 2.68 bits per heavy atom. The largest absolute Gasteiger partial charge is 0.472 e. The van der Waals surface area contributed by atoms with E-state index in [-0.39, 0.29) is 12.0 Å².